The van der Waals surface area contributed by atoms with Gasteiger partial charge >= 0.3 is 0 Å². The van der Waals surface area contributed by atoms with Crippen molar-refractivity contribution in [3.05, 3.63) is 327 Å². The van der Waals surface area contributed by atoms with E-state index in [1.165, 1.54) is 0 Å². The Morgan fingerprint density at radius 1 is 0.199 bits per heavy atom. The highest BCUT2D eigenvalue weighted by Gasteiger charge is 2.48. The molecule has 0 atom stereocenters. The molecular weight excluding hydrogens is 1700 g/mol. The third-order valence-electron chi connectivity index (χ3n) is 28.8. The molecule has 2 aliphatic rings. The number of nitrogens with zero attached hydrogens (tertiary/aromatic N) is 4. The van der Waals surface area contributed by atoms with E-state index in [9.17, 15) is 24.7 Å². The molecule has 0 aliphatic carbocycles. The fraction of sp³-hybridized carbons (Fsp3) is 0.382. The van der Waals surface area contributed by atoms with E-state index in [0.29, 0.717) is 61.6 Å². The van der Waals surface area contributed by atoms with Crippen molar-refractivity contribution in [3.63, 3.8) is 0 Å². The molecule has 0 N–H and O–H groups in total. The molecule has 0 saturated carbocycles. The van der Waals surface area contributed by atoms with Gasteiger partial charge < -0.3 is 18.9 Å². The molecule has 4 heterocycles. The molecule has 2 aliphatic heterocycles. The van der Waals surface area contributed by atoms with E-state index in [-0.39, 0.29) is 207 Å². The topological polar surface area (TPSA) is 16.3 Å². The normalized spacial score (nSPS) is 15.8. The van der Waals surface area contributed by atoms with Crippen LogP contribution < -0.4 is 26.2 Å². The van der Waals surface area contributed by atoms with E-state index in [4.69, 9.17) is 0 Å². The van der Waals surface area contributed by atoms with E-state index in [1.807, 2.05) is 188 Å². The van der Waals surface area contributed by atoms with Gasteiger partial charge in [-0.25, -0.2) is 0 Å². The first-order valence-corrected chi connectivity index (χ1v) is 51.0. The van der Waals surface area contributed by atoms with Crippen molar-refractivity contribution in [2.45, 2.75) is 340 Å². The lowest BCUT2D eigenvalue weighted by atomic mass is 9.33. The number of hydrogen-bond donors (Lipinski definition) is 0. The molecule has 16 aromatic rings. The third kappa shape index (κ3) is 18.3. The highest BCUT2D eigenvalue weighted by atomic mass is 15.2. The standard InChI is InChI=1S/C136H159BN4/c1-124(2,3)88-47-43-82(44-48-88)103-76-99(135(34,35)36)78-105(86-64-95(131(22,23)24)70-96(65-86)132(25,26)27)122(103)140-117-80-101(138-113-59-51-91(127(10,11)12)72-107(113)108-73-92(128(13,14)15)52-60-114(108)138)55-57-111(117)137-112-58-56-102(139-115-61-53-93(129(16,17)18)74-109(115)110-75-94(130(19,20)21)54-62-116(110)139)81-118(112)141(120-69-85(68-119(140)121(120)137)84-41-40-42-90(63-84)126(7,8)9)123-104(83-45-49-89(50-46-83)125(4,5)6)77-100(136(37,38)39)79-106(123)87-66-97(133(28,29)30)71-98(67-87)134(31,32)33/h40-81H,1-39H3/i43D,44D,45D,46D,47D,48D,49D,50D,64D,65D,66D,67D,70D,71D,76D,77D,78D,79D. The van der Waals surface area contributed by atoms with E-state index >= 15 is 0 Å². The molecule has 14 aromatic carbocycles. The van der Waals surface area contributed by atoms with E-state index in [1.54, 1.807) is 0 Å². The van der Waals surface area contributed by atoms with Gasteiger partial charge in [-0.1, -0.05) is 415 Å². The number of fused-ring (bicyclic) bond motifs is 10. The Bertz CT molecular complexity index is 8140. The Balaban J connectivity index is 1.21. The average Bonchev–Trinajstić information content (AvgIpc) is 1.14. The van der Waals surface area contributed by atoms with Crippen molar-refractivity contribution < 1.29 is 24.7 Å². The van der Waals surface area contributed by atoms with Crippen molar-refractivity contribution in [1.29, 1.82) is 0 Å². The van der Waals surface area contributed by atoms with Gasteiger partial charge in [-0.2, -0.15) is 0 Å². The zero-order valence-corrected chi connectivity index (χ0v) is 91.7. The van der Waals surface area contributed by atoms with Gasteiger partial charge in [0.05, 0.1) is 58.1 Å². The van der Waals surface area contributed by atoms with Gasteiger partial charge in [-0.15, -0.1) is 0 Å². The van der Waals surface area contributed by atoms with Crippen LogP contribution in [-0.2, 0) is 70.4 Å². The van der Waals surface area contributed by atoms with Gasteiger partial charge in [-0.3, -0.25) is 0 Å². The predicted molar refractivity (Wildman–Crippen MR) is 619 cm³/mol. The molecule has 726 valence electrons. The minimum atomic E-state index is -1.24. The number of benzene rings is 14. The summed E-state index contributed by atoms with van der Waals surface area (Å²) in [6, 6.07) is 45.9. The summed E-state index contributed by atoms with van der Waals surface area (Å²) < 4.78 is 207. The van der Waals surface area contributed by atoms with Crippen molar-refractivity contribution >= 4 is 101 Å². The zero-order chi connectivity index (χ0) is 118. The predicted octanol–water partition coefficient (Wildman–Crippen LogP) is 37.2. The Hall–Kier alpha value is -11.7. The molecule has 0 radical (unpaired) electrons. The second-order valence-electron chi connectivity index (χ2n) is 53.9. The second kappa shape index (κ2) is 33.5. The first-order valence-electron chi connectivity index (χ1n) is 60.0. The van der Waals surface area contributed by atoms with Crippen LogP contribution in [0.5, 0.6) is 0 Å². The quantitative estimate of drug-likeness (QED) is 0.134. The molecule has 2 aromatic heterocycles. The molecule has 0 bridgehead atoms. The summed E-state index contributed by atoms with van der Waals surface area (Å²) in [5, 5.41) is 3.90. The van der Waals surface area contributed by atoms with Crippen LogP contribution in [0.1, 0.15) is 367 Å². The van der Waals surface area contributed by atoms with Crippen LogP contribution >= 0.6 is 0 Å². The van der Waals surface area contributed by atoms with Gasteiger partial charge in [0.1, 0.15) is 0 Å². The number of rotatable bonds is 9. The lowest BCUT2D eigenvalue weighted by Crippen LogP contribution is -2.61. The minimum absolute atomic E-state index is 0.0449. The fourth-order valence-electron chi connectivity index (χ4n) is 19.8. The van der Waals surface area contributed by atoms with Crippen molar-refractivity contribution in [2.24, 2.45) is 0 Å². The maximum Gasteiger partial charge on any atom is 0.252 e. The smallest absolute Gasteiger partial charge is 0.252 e. The number of hydrogen-bond acceptors (Lipinski definition) is 2. The van der Waals surface area contributed by atoms with E-state index < -0.39 is 79.6 Å². The van der Waals surface area contributed by atoms with E-state index in [2.05, 4.69) is 246 Å². The Morgan fingerprint density at radius 3 is 0.723 bits per heavy atom. The monoisotopic (exact) mass is 1880 g/mol. The molecule has 0 saturated heterocycles. The molecule has 0 amide bonds. The molecule has 141 heavy (non-hydrogen) atoms. The number of anilines is 6. The highest BCUT2D eigenvalue weighted by molar-refractivity contribution is 7.00. The molecule has 0 unspecified atom stereocenters. The Kier molecular flexibility index (Phi) is 18.7. The van der Waals surface area contributed by atoms with Crippen molar-refractivity contribution in [1.82, 2.24) is 9.13 Å². The first kappa shape index (κ1) is 78.9. The van der Waals surface area contributed by atoms with Crippen molar-refractivity contribution in [2.75, 3.05) is 9.80 Å². The van der Waals surface area contributed by atoms with Crippen molar-refractivity contribution in [3.8, 4) is 67.0 Å². The van der Waals surface area contributed by atoms with Crippen LogP contribution in [0.3, 0.4) is 0 Å². The third-order valence-corrected chi connectivity index (χ3v) is 28.8. The summed E-state index contributed by atoms with van der Waals surface area (Å²) >= 11 is 0. The SMILES string of the molecule is [2H]c1c([2H])c(C(C)(C)C)c([2H])c([2H])c1-c1c([2H])c(C(C)(C)C)c([2H])c(-c2c([2H])c(C(C)(C)C)c([2H])c(C(C)(C)C)c2[2H])c1N1c2cc(-n3c4ccc(C(C)(C)C)cc4c4cc(C(C)(C)C)ccc43)ccc2B2c3ccc(-n4c5ccc(C(C)(C)C)cc5c5cc(C(C)(C)C)ccc54)cc3N(c3c(-c4c([2H])c([2H])c(C(C)(C)C)c([2H])c4[2H])c([2H])c(C(C)(C)C)c([2H])c3-c3c([2H])c(C(C)(C)C)c([2H])c(C(C)(C)C)c3[2H])c3cc(-c4cccc(C(C)(C)C)c4)cc1c32. The van der Waals surface area contributed by atoms with Gasteiger partial charge in [0.2, 0.25) is 0 Å². The maximum atomic E-state index is 12.0. The average molecular weight is 1880 g/mol. The largest absolute Gasteiger partial charge is 0.310 e. The van der Waals surface area contributed by atoms with Crippen LogP contribution in [0.25, 0.3) is 111 Å². The lowest BCUT2D eigenvalue weighted by Gasteiger charge is -2.46. The number of aromatic nitrogens is 2. The van der Waals surface area contributed by atoms with Crippen LogP contribution in [0.2, 0.25) is 0 Å². The van der Waals surface area contributed by atoms with E-state index in [0.717, 1.165) is 71.4 Å². The lowest BCUT2D eigenvalue weighted by molar-refractivity contribution is 0.568. The molecule has 18 rings (SSSR count). The van der Waals surface area contributed by atoms with Crippen LogP contribution in [0.15, 0.2) is 254 Å². The molecule has 0 fully saturated rings. The molecule has 5 heteroatoms. The van der Waals surface area contributed by atoms with Gasteiger partial charge in [0, 0.05) is 77.9 Å². The minimum Gasteiger partial charge on any atom is -0.310 e. The van der Waals surface area contributed by atoms with Gasteiger partial charge in [0.15, 0.2) is 0 Å². The Morgan fingerprint density at radius 2 is 0.454 bits per heavy atom. The summed E-state index contributed by atoms with van der Waals surface area (Å²) in [7, 11) is 0. The maximum absolute atomic E-state index is 12.0. The second-order valence-corrected chi connectivity index (χ2v) is 53.9. The first-order chi connectivity index (χ1) is 72.7. The van der Waals surface area contributed by atoms with Gasteiger partial charge in [0.25, 0.3) is 6.71 Å². The van der Waals surface area contributed by atoms with Crippen LogP contribution in [0.4, 0.5) is 34.1 Å². The van der Waals surface area contributed by atoms with Gasteiger partial charge in [-0.05, 0) is 302 Å². The fourth-order valence-corrected chi connectivity index (χ4v) is 19.8. The molecule has 0 spiro atoms. The van der Waals surface area contributed by atoms with Crippen LogP contribution in [-0.4, -0.2) is 15.8 Å². The zero-order valence-electron chi connectivity index (χ0n) is 110. The van der Waals surface area contributed by atoms with Crippen LogP contribution in [0, 0.1) is 0 Å². The summed E-state index contributed by atoms with van der Waals surface area (Å²) in [6.07, 6.45) is 0. The molecule has 4 nitrogen and oxygen atoms in total. The summed E-state index contributed by atoms with van der Waals surface area (Å²) in [4.78, 5) is 4.01. The Labute approximate surface area is 873 Å². The summed E-state index contributed by atoms with van der Waals surface area (Å²) in [6.45, 7) is 77.5. The summed E-state index contributed by atoms with van der Waals surface area (Å²) in [5.74, 6) is 0. The highest BCUT2D eigenvalue weighted by Crippen LogP contribution is 2.58. The molecular formula is C136H159BN4. The summed E-state index contributed by atoms with van der Waals surface area (Å²) in [5.41, 5.74) is 3.30.